The standard InChI is InChI=1S/C23H35NO4S/c1-23(2)20-8-6-9-21(24-29(3,25)26)19(20)15-27-17-13-11-16(12-14-17)18-7-4-5-10-22(18)28-23/h4-5,7,10,16-17,19-21,24H,6,8-9,11-15H2,1-3H3/t16?,17?,19-,20?,21+/m1/s1. The summed E-state index contributed by atoms with van der Waals surface area (Å²) >= 11 is 0. The van der Waals surface area contributed by atoms with E-state index >= 15 is 0 Å². The summed E-state index contributed by atoms with van der Waals surface area (Å²) in [5.41, 5.74) is 0.915. The highest BCUT2D eigenvalue weighted by Crippen LogP contribution is 2.45. The third kappa shape index (κ3) is 4.80. The number of para-hydroxylation sites is 1. The molecular weight excluding hydrogens is 386 g/mol. The van der Waals surface area contributed by atoms with Crippen molar-refractivity contribution in [3.05, 3.63) is 29.8 Å². The molecule has 3 atom stereocenters. The van der Waals surface area contributed by atoms with Crippen LogP contribution in [0.25, 0.3) is 0 Å². The van der Waals surface area contributed by atoms with E-state index in [-0.39, 0.29) is 24.0 Å². The van der Waals surface area contributed by atoms with Crippen molar-refractivity contribution >= 4 is 10.0 Å². The first kappa shape index (κ1) is 21.1. The molecule has 0 amide bonds. The minimum atomic E-state index is -3.27. The van der Waals surface area contributed by atoms with Gasteiger partial charge in [0.2, 0.25) is 10.0 Å². The predicted octanol–water partition coefficient (Wildman–Crippen LogP) is 4.23. The lowest BCUT2D eigenvalue weighted by molar-refractivity contribution is -0.0706. The number of benzene rings is 1. The molecule has 0 aromatic heterocycles. The van der Waals surface area contributed by atoms with Crippen LogP contribution in [-0.2, 0) is 14.8 Å². The number of sulfonamides is 1. The molecule has 1 aromatic carbocycles. The molecule has 29 heavy (non-hydrogen) atoms. The molecule has 2 saturated carbocycles. The maximum absolute atomic E-state index is 12.0. The van der Waals surface area contributed by atoms with Crippen molar-refractivity contribution in [2.45, 2.75) is 82.5 Å². The van der Waals surface area contributed by atoms with Gasteiger partial charge in [0, 0.05) is 17.9 Å². The van der Waals surface area contributed by atoms with Crippen LogP contribution in [0.15, 0.2) is 24.3 Å². The molecule has 2 bridgehead atoms. The van der Waals surface area contributed by atoms with E-state index in [0.29, 0.717) is 12.5 Å². The SMILES string of the molecule is CC1(C)Oc2ccccc2C2CCC(CC2)OC[C@@H]2C1CCC[C@@H]2NS(C)(=O)=O. The topological polar surface area (TPSA) is 64.6 Å². The Morgan fingerprint density at radius 2 is 1.76 bits per heavy atom. The van der Waals surface area contributed by atoms with Gasteiger partial charge in [0.25, 0.3) is 0 Å². The molecule has 1 aromatic rings. The van der Waals surface area contributed by atoms with Gasteiger partial charge >= 0.3 is 0 Å². The molecule has 6 heteroatoms. The van der Waals surface area contributed by atoms with Crippen LogP contribution in [0, 0.1) is 11.8 Å². The highest BCUT2D eigenvalue weighted by Gasteiger charge is 2.45. The lowest BCUT2D eigenvalue weighted by Crippen LogP contribution is -2.54. The lowest BCUT2D eigenvalue weighted by atomic mass is 9.69. The first-order valence-corrected chi connectivity index (χ1v) is 13.0. The number of hydrogen-bond acceptors (Lipinski definition) is 4. The number of nitrogens with one attached hydrogen (secondary N) is 1. The Bertz CT molecular complexity index is 814. The van der Waals surface area contributed by atoms with Gasteiger partial charge in [0.15, 0.2) is 0 Å². The van der Waals surface area contributed by atoms with Crippen molar-refractivity contribution in [1.29, 1.82) is 0 Å². The fourth-order valence-electron chi connectivity index (χ4n) is 5.84. The summed E-state index contributed by atoms with van der Waals surface area (Å²) in [6.45, 7) is 4.92. The molecule has 2 heterocycles. The van der Waals surface area contributed by atoms with Gasteiger partial charge in [-0.05, 0) is 69.9 Å². The summed E-state index contributed by atoms with van der Waals surface area (Å²) in [6, 6.07) is 8.40. The van der Waals surface area contributed by atoms with Gasteiger partial charge in [-0.25, -0.2) is 13.1 Å². The summed E-state index contributed by atoms with van der Waals surface area (Å²) in [5.74, 6) is 1.86. The quantitative estimate of drug-likeness (QED) is 0.776. The zero-order valence-electron chi connectivity index (χ0n) is 17.9. The Labute approximate surface area is 175 Å². The molecule has 2 aliphatic heterocycles. The van der Waals surface area contributed by atoms with Crippen LogP contribution in [0.4, 0.5) is 0 Å². The molecule has 162 valence electrons. The molecule has 5 nitrogen and oxygen atoms in total. The molecule has 5 rings (SSSR count). The predicted molar refractivity (Wildman–Crippen MR) is 115 cm³/mol. The number of hydrogen-bond donors (Lipinski definition) is 1. The van der Waals surface area contributed by atoms with Crippen LogP contribution in [0.1, 0.15) is 70.3 Å². The van der Waals surface area contributed by atoms with Gasteiger partial charge in [-0.2, -0.15) is 0 Å². The fourth-order valence-corrected chi connectivity index (χ4v) is 6.68. The highest BCUT2D eigenvalue weighted by atomic mass is 32.2. The van der Waals surface area contributed by atoms with Gasteiger partial charge < -0.3 is 9.47 Å². The minimum Gasteiger partial charge on any atom is -0.487 e. The molecule has 0 radical (unpaired) electrons. The van der Waals surface area contributed by atoms with Crippen LogP contribution >= 0.6 is 0 Å². The van der Waals surface area contributed by atoms with Gasteiger partial charge in [0.1, 0.15) is 11.4 Å². The normalized spacial score (nSPS) is 34.8. The second kappa shape index (κ2) is 8.20. The second-order valence-electron chi connectivity index (χ2n) is 9.75. The monoisotopic (exact) mass is 421 g/mol. The van der Waals surface area contributed by atoms with E-state index in [4.69, 9.17) is 9.47 Å². The molecule has 2 fully saturated rings. The summed E-state index contributed by atoms with van der Waals surface area (Å²) in [5, 5.41) is 0. The smallest absolute Gasteiger partial charge is 0.208 e. The first-order valence-electron chi connectivity index (χ1n) is 11.1. The van der Waals surface area contributed by atoms with Crippen molar-refractivity contribution in [3.63, 3.8) is 0 Å². The maximum atomic E-state index is 12.0. The Hall–Kier alpha value is -1.11. The summed E-state index contributed by atoms with van der Waals surface area (Å²) in [4.78, 5) is 0. The molecule has 0 spiro atoms. The number of fused-ring (bicyclic) bond motifs is 4. The van der Waals surface area contributed by atoms with Crippen molar-refractivity contribution in [2.24, 2.45) is 11.8 Å². The third-order valence-electron chi connectivity index (χ3n) is 7.25. The Morgan fingerprint density at radius 1 is 1.03 bits per heavy atom. The fraction of sp³-hybridized carbons (Fsp3) is 0.739. The zero-order chi connectivity index (χ0) is 20.6. The summed E-state index contributed by atoms with van der Waals surface area (Å²) < 4.78 is 40.1. The van der Waals surface area contributed by atoms with Crippen LogP contribution in [0.3, 0.4) is 0 Å². The zero-order valence-corrected chi connectivity index (χ0v) is 18.7. The van der Waals surface area contributed by atoms with E-state index in [0.717, 1.165) is 50.7 Å². The van der Waals surface area contributed by atoms with Gasteiger partial charge in [0.05, 0.1) is 19.0 Å². The van der Waals surface area contributed by atoms with E-state index in [1.165, 1.54) is 11.8 Å². The Balaban J connectivity index is 1.70. The highest BCUT2D eigenvalue weighted by molar-refractivity contribution is 7.88. The van der Waals surface area contributed by atoms with Gasteiger partial charge in [-0.1, -0.05) is 24.6 Å². The summed E-state index contributed by atoms with van der Waals surface area (Å²) in [7, 11) is -3.27. The van der Waals surface area contributed by atoms with Crippen molar-refractivity contribution in [3.8, 4) is 5.75 Å². The van der Waals surface area contributed by atoms with Gasteiger partial charge in [-0.3, -0.25) is 0 Å². The van der Waals surface area contributed by atoms with Crippen molar-refractivity contribution in [1.82, 2.24) is 4.72 Å². The Kier molecular flexibility index (Phi) is 5.97. The average Bonchev–Trinajstić information content (AvgIpc) is 2.65. The van der Waals surface area contributed by atoms with Crippen molar-refractivity contribution < 1.29 is 17.9 Å². The van der Waals surface area contributed by atoms with E-state index in [9.17, 15) is 8.42 Å². The molecule has 1 N–H and O–H groups in total. The molecule has 2 aliphatic carbocycles. The van der Waals surface area contributed by atoms with E-state index in [1.807, 2.05) is 0 Å². The van der Waals surface area contributed by atoms with Crippen LogP contribution in [-0.4, -0.2) is 39.0 Å². The summed E-state index contributed by atoms with van der Waals surface area (Å²) in [6.07, 6.45) is 8.77. The lowest BCUT2D eigenvalue weighted by Gasteiger charge is -2.47. The van der Waals surface area contributed by atoms with Gasteiger partial charge in [-0.15, -0.1) is 0 Å². The minimum absolute atomic E-state index is 0.0962. The second-order valence-corrected chi connectivity index (χ2v) is 11.5. The number of rotatable bonds is 2. The third-order valence-corrected chi connectivity index (χ3v) is 7.98. The van der Waals surface area contributed by atoms with E-state index in [1.54, 1.807) is 0 Å². The van der Waals surface area contributed by atoms with E-state index < -0.39 is 15.6 Å². The molecule has 0 saturated heterocycles. The number of ether oxygens (including phenoxy) is 2. The average molecular weight is 422 g/mol. The Morgan fingerprint density at radius 3 is 2.48 bits per heavy atom. The van der Waals surface area contributed by atoms with E-state index in [2.05, 4.69) is 42.8 Å². The van der Waals surface area contributed by atoms with Crippen LogP contribution in [0.2, 0.25) is 0 Å². The van der Waals surface area contributed by atoms with Crippen LogP contribution in [0.5, 0.6) is 5.75 Å². The maximum Gasteiger partial charge on any atom is 0.208 e. The molecule has 4 aliphatic rings. The molecular formula is C23H35NO4S. The largest absolute Gasteiger partial charge is 0.487 e. The van der Waals surface area contributed by atoms with Crippen molar-refractivity contribution in [2.75, 3.05) is 12.9 Å². The van der Waals surface area contributed by atoms with Crippen LogP contribution < -0.4 is 9.46 Å². The first-order chi connectivity index (χ1) is 13.7. The molecule has 1 unspecified atom stereocenters.